The van der Waals surface area contributed by atoms with Crippen molar-refractivity contribution in [2.75, 3.05) is 31.1 Å². The first-order valence-electron chi connectivity index (χ1n) is 10.7. The van der Waals surface area contributed by atoms with Crippen molar-refractivity contribution in [3.05, 3.63) is 79.0 Å². The number of carbonyl (C=O) groups excluding carboxylic acids is 1. The van der Waals surface area contributed by atoms with Gasteiger partial charge in [0.15, 0.2) is 0 Å². The quantitative estimate of drug-likeness (QED) is 0.470. The van der Waals surface area contributed by atoms with E-state index in [2.05, 4.69) is 14.9 Å². The van der Waals surface area contributed by atoms with Crippen molar-refractivity contribution in [2.45, 2.75) is 13.2 Å². The Bertz CT molecular complexity index is 1190. The van der Waals surface area contributed by atoms with Crippen LogP contribution in [0.3, 0.4) is 0 Å². The number of piperazine rings is 1. The molecular formula is C24H24N6O2. The van der Waals surface area contributed by atoms with Gasteiger partial charge in [-0.2, -0.15) is 0 Å². The zero-order chi connectivity index (χ0) is 21.8. The van der Waals surface area contributed by atoms with E-state index in [4.69, 9.17) is 9.72 Å². The molecule has 4 aromatic rings. The summed E-state index contributed by atoms with van der Waals surface area (Å²) < 4.78 is 7.89. The van der Waals surface area contributed by atoms with Crippen LogP contribution in [0.4, 0.5) is 5.82 Å². The Hall–Kier alpha value is -3.94. The van der Waals surface area contributed by atoms with Gasteiger partial charge in [0.05, 0.1) is 17.2 Å². The minimum atomic E-state index is 0.0768. The van der Waals surface area contributed by atoms with Gasteiger partial charge in [0.1, 0.15) is 30.5 Å². The van der Waals surface area contributed by atoms with Gasteiger partial charge in [0, 0.05) is 38.6 Å². The van der Waals surface area contributed by atoms with Crippen molar-refractivity contribution in [3.8, 4) is 5.75 Å². The van der Waals surface area contributed by atoms with Crippen LogP contribution < -0.4 is 9.64 Å². The number of anilines is 1. The van der Waals surface area contributed by atoms with Crippen LogP contribution in [0.2, 0.25) is 0 Å². The molecule has 32 heavy (non-hydrogen) atoms. The molecule has 162 valence electrons. The summed E-state index contributed by atoms with van der Waals surface area (Å²) in [5, 5.41) is 0. The Balaban J connectivity index is 1.29. The molecule has 1 amide bonds. The Morgan fingerprint density at radius 1 is 0.938 bits per heavy atom. The van der Waals surface area contributed by atoms with Gasteiger partial charge >= 0.3 is 0 Å². The van der Waals surface area contributed by atoms with Gasteiger partial charge in [0.25, 0.3) is 0 Å². The van der Waals surface area contributed by atoms with Crippen LogP contribution in [0, 0.1) is 0 Å². The first kappa shape index (κ1) is 20.0. The molecule has 0 spiro atoms. The van der Waals surface area contributed by atoms with Gasteiger partial charge in [-0.3, -0.25) is 9.78 Å². The van der Waals surface area contributed by atoms with Crippen LogP contribution in [0.1, 0.15) is 5.82 Å². The van der Waals surface area contributed by atoms with E-state index in [-0.39, 0.29) is 12.5 Å². The molecule has 5 rings (SSSR count). The maximum absolute atomic E-state index is 13.2. The maximum atomic E-state index is 13.2. The van der Waals surface area contributed by atoms with Crippen LogP contribution in [-0.4, -0.2) is 56.5 Å². The molecule has 0 atom stereocenters. The fourth-order valence-corrected chi connectivity index (χ4v) is 3.95. The predicted molar refractivity (Wildman–Crippen MR) is 121 cm³/mol. The number of amides is 1. The normalized spacial score (nSPS) is 14.0. The number of para-hydroxylation sites is 3. The van der Waals surface area contributed by atoms with E-state index < -0.39 is 0 Å². The summed E-state index contributed by atoms with van der Waals surface area (Å²) in [5.41, 5.74) is 1.80. The van der Waals surface area contributed by atoms with E-state index in [1.165, 1.54) is 0 Å². The summed E-state index contributed by atoms with van der Waals surface area (Å²) in [6.07, 6.45) is 5.11. The number of aromatic nitrogens is 4. The van der Waals surface area contributed by atoms with Gasteiger partial charge in [-0.1, -0.05) is 30.3 Å². The Morgan fingerprint density at radius 3 is 2.50 bits per heavy atom. The second kappa shape index (κ2) is 9.05. The van der Waals surface area contributed by atoms with Gasteiger partial charge < -0.3 is 19.1 Å². The first-order valence-corrected chi connectivity index (χ1v) is 10.7. The lowest BCUT2D eigenvalue weighted by Crippen LogP contribution is -2.50. The lowest BCUT2D eigenvalue weighted by molar-refractivity contribution is -0.132. The fourth-order valence-electron chi connectivity index (χ4n) is 3.95. The summed E-state index contributed by atoms with van der Waals surface area (Å²) in [7, 11) is 0. The van der Waals surface area contributed by atoms with Gasteiger partial charge in [-0.25, -0.2) is 9.97 Å². The monoisotopic (exact) mass is 428 g/mol. The van der Waals surface area contributed by atoms with Crippen molar-refractivity contribution in [3.63, 3.8) is 0 Å². The second-order valence-corrected chi connectivity index (χ2v) is 7.64. The third-order valence-corrected chi connectivity index (χ3v) is 5.64. The van der Waals surface area contributed by atoms with E-state index in [9.17, 15) is 4.79 Å². The topological polar surface area (TPSA) is 76.4 Å². The third kappa shape index (κ3) is 4.25. The molecule has 0 unspecified atom stereocenters. The van der Waals surface area contributed by atoms with E-state index in [1.54, 1.807) is 18.6 Å². The van der Waals surface area contributed by atoms with E-state index >= 15 is 0 Å². The second-order valence-electron chi connectivity index (χ2n) is 7.64. The van der Waals surface area contributed by atoms with Crippen molar-refractivity contribution in [1.82, 2.24) is 24.4 Å². The molecule has 1 aliphatic heterocycles. The smallest absolute Gasteiger partial charge is 0.242 e. The fraction of sp³-hybridized carbons (Fsp3) is 0.250. The third-order valence-electron chi connectivity index (χ3n) is 5.64. The van der Waals surface area contributed by atoms with Crippen molar-refractivity contribution < 1.29 is 9.53 Å². The SMILES string of the molecule is O=C(Cn1c(COc2ccccc2)nc2ccccc21)N1CCN(c2cnccn2)CC1. The lowest BCUT2D eigenvalue weighted by atomic mass is 10.3. The zero-order valence-electron chi connectivity index (χ0n) is 17.7. The number of carbonyl (C=O) groups is 1. The highest BCUT2D eigenvalue weighted by Gasteiger charge is 2.23. The number of nitrogens with zero attached hydrogens (tertiary/aromatic N) is 6. The largest absolute Gasteiger partial charge is 0.486 e. The molecule has 0 N–H and O–H groups in total. The summed E-state index contributed by atoms with van der Waals surface area (Å²) in [6.45, 7) is 3.31. The van der Waals surface area contributed by atoms with E-state index in [0.29, 0.717) is 19.7 Å². The number of benzene rings is 2. The molecule has 2 aromatic carbocycles. The molecule has 8 heteroatoms. The summed E-state index contributed by atoms with van der Waals surface area (Å²) in [5.74, 6) is 2.44. The van der Waals surface area contributed by atoms with Crippen LogP contribution in [0.15, 0.2) is 73.2 Å². The number of hydrogen-bond acceptors (Lipinski definition) is 6. The van der Waals surface area contributed by atoms with Crippen LogP contribution in [-0.2, 0) is 17.9 Å². The summed E-state index contributed by atoms with van der Waals surface area (Å²) in [4.78, 5) is 30.4. The number of rotatable bonds is 6. The average Bonchev–Trinajstić information content (AvgIpc) is 3.21. The summed E-state index contributed by atoms with van der Waals surface area (Å²) in [6, 6.07) is 17.5. The molecule has 0 bridgehead atoms. The van der Waals surface area contributed by atoms with Gasteiger partial charge in [-0.15, -0.1) is 0 Å². The molecule has 0 radical (unpaired) electrons. The first-order chi connectivity index (χ1) is 15.8. The molecule has 3 heterocycles. The van der Waals surface area contributed by atoms with Crippen LogP contribution in [0.5, 0.6) is 5.75 Å². The van der Waals surface area contributed by atoms with E-state index in [1.807, 2.05) is 64.1 Å². The van der Waals surface area contributed by atoms with Crippen LogP contribution in [0.25, 0.3) is 11.0 Å². The number of hydrogen-bond donors (Lipinski definition) is 0. The number of fused-ring (bicyclic) bond motifs is 1. The van der Waals surface area contributed by atoms with Gasteiger partial charge in [-0.05, 0) is 24.3 Å². The Labute approximate surface area is 186 Å². The molecule has 8 nitrogen and oxygen atoms in total. The Kier molecular flexibility index (Phi) is 5.65. The highest BCUT2D eigenvalue weighted by molar-refractivity contribution is 5.81. The lowest BCUT2D eigenvalue weighted by Gasteiger charge is -2.35. The molecule has 1 aliphatic rings. The van der Waals surface area contributed by atoms with Gasteiger partial charge in [0.2, 0.25) is 5.91 Å². The number of imidazole rings is 1. The molecule has 1 fully saturated rings. The van der Waals surface area contributed by atoms with Crippen molar-refractivity contribution >= 4 is 22.8 Å². The molecule has 0 aliphatic carbocycles. The molecular weight excluding hydrogens is 404 g/mol. The maximum Gasteiger partial charge on any atom is 0.242 e. The Morgan fingerprint density at radius 2 is 1.72 bits per heavy atom. The molecule has 1 saturated heterocycles. The minimum absolute atomic E-state index is 0.0768. The molecule has 0 saturated carbocycles. The summed E-state index contributed by atoms with van der Waals surface area (Å²) >= 11 is 0. The highest BCUT2D eigenvalue weighted by atomic mass is 16.5. The predicted octanol–water partition coefficient (Wildman–Crippen LogP) is 2.75. The number of ether oxygens (including phenoxy) is 1. The van der Waals surface area contributed by atoms with Crippen molar-refractivity contribution in [1.29, 1.82) is 0 Å². The van der Waals surface area contributed by atoms with Crippen LogP contribution >= 0.6 is 0 Å². The average molecular weight is 428 g/mol. The highest BCUT2D eigenvalue weighted by Crippen LogP contribution is 2.19. The zero-order valence-corrected chi connectivity index (χ0v) is 17.7. The van der Waals surface area contributed by atoms with Crippen molar-refractivity contribution in [2.24, 2.45) is 0 Å². The standard InChI is InChI=1S/C24H24N6O2/c31-24(29-14-12-28(13-15-29)22-16-25-10-11-26-22)17-30-21-9-5-4-8-20(21)27-23(30)18-32-19-6-2-1-3-7-19/h1-11,16H,12-15,17-18H2. The minimum Gasteiger partial charge on any atom is -0.486 e. The van der Waals surface area contributed by atoms with E-state index in [0.717, 1.165) is 41.5 Å². The molecule has 2 aromatic heterocycles.